The van der Waals surface area contributed by atoms with Gasteiger partial charge in [-0.1, -0.05) is 29.8 Å². The fourth-order valence-electron chi connectivity index (χ4n) is 3.14. The van der Waals surface area contributed by atoms with Gasteiger partial charge in [-0.2, -0.15) is 8.42 Å². The largest absolute Gasteiger partial charge is 0.497 e. The molecule has 3 rings (SSSR count). The molecule has 30 heavy (non-hydrogen) atoms. The van der Waals surface area contributed by atoms with E-state index < -0.39 is 28.1 Å². The van der Waals surface area contributed by atoms with E-state index in [4.69, 9.17) is 23.1 Å². The highest BCUT2D eigenvalue weighted by molar-refractivity contribution is 7.86. The summed E-state index contributed by atoms with van der Waals surface area (Å²) in [6.45, 7) is 5.92. The van der Waals surface area contributed by atoms with Crippen LogP contribution in [0.1, 0.15) is 25.0 Å². The summed E-state index contributed by atoms with van der Waals surface area (Å²) in [5.74, 6) is -0.0736. The van der Waals surface area contributed by atoms with Gasteiger partial charge in [0.15, 0.2) is 5.79 Å². The van der Waals surface area contributed by atoms with Crippen LogP contribution < -0.4 is 4.74 Å². The Morgan fingerprint density at radius 3 is 2.13 bits per heavy atom. The van der Waals surface area contributed by atoms with E-state index in [2.05, 4.69) is 0 Å². The number of hydrogen-bond donors (Lipinski definition) is 0. The Kier molecular flexibility index (Phi) is 7.15. The smallest absolute Gasteiger partial charge is 0.297 e. The first-order valence-corrected chi connectivity index (χ1v) is 11.1. The maximum atomic E-state index is 12.5. The summed E-state index contributed by atoms with van der Waals surface area (Å²) in [6.07, 6.45) is -1.03. The fourth-order valence-corrected chi connectivity index (χ4v) is 4.05. The van der Waals surface area contributed by atoms with Gasteiger partial charge < -0.3 is 18.9 Å². The van der Waals surface area contributed by atoms with E-state index in [0.29, 0.717) is 6.61 Å². The Labute approximate surface area is 178 Å². The van der Waals surface area contributed by atoms with Crippen molar-refractivity contribution in [2.24, 2.45) is 0 Å². The second-order valence-corrected chi connectivity index (χ2v) is 9.24. The number of hydrogen-bond acceptors (Lipinski definition) is 7. The lowest BCUT2D eigenvalue weighted by Crippen LogP contribution is -2.32. The molecule has 0 N–H and O–H groups in total. The summed E-state index contributed by atoms with van der Waals surface area (Å²) < 4.78 is 52.8. The predicted octanol–water partition coefficient (Wildman–Crippen LogP) is 3.45. The van der Waals surface area contributed by atoms with Crippen molar-refractivity contribution in [1.82, 2.24) is 0 Å². The molecule has 164 valence electrons. The standard InChI is InChI=1S/C22H28O7S/c1-16-5-11-19(12-6-16)30(23,24)27-15-21-20(28-22(2,3)29-21)14-26-13-17-7-9-18(25-4)10-8-17/h5-12,20-21H,13-15H2,1-4H3/t20-,21-/m1/s1. The van der Waals surface area contributed by atoms with Crippen LogP contribution in [0.15, 0.2) is 53.4 Å². The summed E-state index contributed by atoms with van der Waals surface area (Å²) in [4.78, 5) is 0.110. The number of methoxy groups -OCH3 is 1. The number of rotatable bonds is 9. The average molecular weight is 437 g/mol. The number of aryl methyl sites for hydroxylation is 1. The van der Waals surface area contributed by atoms with Crippen molar-refractivity contribution in [3.05, 3.63) is 59.7 Å². The van der Waals surface area contributed by atoms with Gasteiger partial charge in [0.25, 0.3) is 10.1 Å². The quantitative estimate of drug-likeness (QED) is 0.557. The Morgan fingerprint density at radius 2 is 1.53 bits per heavy atom. The van der Waals surface area contributed by atoms with E-state index in [9.17, 15) is 8.42 Å². The molecule has 8 heteroatoms. The van der Waals surface area contributed by atoms with Crippen LogP contribution >= 0.6 is 0 Å². The zero-order valence-corrected chi connectivity index (χ0v) is 18.5. The molecule has 1 fully saturated rings. The summed E-state index contributed by atoms with van der Waals surface area (Å²) >= 11 is 0. The van der Waals surface area contributed by atoms with Crippen molar-refractivity contribution in [2.45, 2.75) is 50.3 Å². The third kappa shape index (κ3) is 6.02. The molecule has 0 amide bonds. The molecule has 7 nitrogen and oxygen atoms in total. The zero-order valence-electron chi connectivity index (χ0n) is 17.7. The topological polar surface area (TPSA) is 80.3 Å². The fraction of sp³-hybridized carbons (Fsp3) is 0.455. The third-order valence-electron chi connectivity index (χ3n) is 4.69. The van der Waals surface area contributed by atoms with Crippen LogP contribution in [0.4, 0.5) is 0 Å². The van der Waals surface area contributed by atoms with Crippen LogP contribution in [0.25, 0.3) is 0 Å². The summed E-state index contributed by atoms with van der Waals surface area (Å²) in [5, 5.41) is 0. The van der Waals surface area contributed by atoms with Crippen molar-refractivity contribution >= 4 is 10.1 Å². The highest BCUT2D eigenvalue weighted by Crippen LogP contribution is 2.29. The molecule has 0 spiro atoms. The zero-order chi connectivity index (χ0) is 21.8. The molecule has 0 unspecified atom stereocenters. The maximum Gasteiger partial charge on any atom is 0.297 e. The van der Waals surface area contributed by atoms with Gasteiger partial charge in [-0.15, -0.1) is 0 Å². The van der Waals surface area contributed by atoms with Crippen molar-refractivity contribution in [2.75, 3.05) is 20.3 Å². The van der Waals surface area contributed by atoms with Gasteiger partial charge in [0, 0.05) is 0 Å². The van der Waals surface area contributed by atoms with E-state index >= 15 is 0 Å². The van der Waals surface area contributed by atoms with Crippen molar-refractivity contribution < 1.29 is 31.5 Å². The van der Waals surface area contributed by atoms with Gasteiger partial charge in [-0.25, -0.2) is 0 Å². The first-order chi connectivity index (χ1) is 14.2. The molecule has 1 heterocycles. The third-order valence-corrected chi connectivity index (χ3v) is 5.99. The Morgan fingerprint density at radius 1 is 0.933 bits per heavy atom. The Bertz CT molecular complexity index is 921. The normalized spacial score (nSPS) is 20.9. The van der Waals surface area contributed by atoms with Gasteiger partial charge in [0.2, 0.25) is 0 Å². The molecule has 2 aromatic carbocycles. The van der Waals surface area contributed by atoms with E-state index in [1.165, 1.54) is 12.1 Å². The Balaban J connectivity index is 1.56. The van der Waals surface area contributed by atoms with Gasteiger partial charge >= 0.3 is 0 Å². The number of benzene rings is 2. The highest BCUT2D eigenvalue weighted by atomic mass is 32.2. The first kappa shape index (κ1) is 22.7. The van der Waals surface area contributed by atoms with Gasteiger partial charge in [0.1, 0.15) is 18.0 Å². The number of ether oxygens (including phenoxy) is 4. The van der Waals surface area contributed by atoms with Crippen LogP contribution in [0.5, 0.6) is 5.75 Å². The molecule has 0 bridgehead atoms. The average Bonchev–Trinajstić information content (AvgIpc) is 3.01. The van der Waals surface area contributed by atoms with Crippen molar-refractivity contribution in [3.8, 4) is 5.75 Å². The molecule has 1 aliphatic heterocycles. The summed E-state index contributed by atoms with van der Waals surface area (Å²) in [6, 6.07) is 14.1. The molecular formula is C22H28O7S. The minimum atomic E-state index is -3.88. The summed E-state index contributed by atoms with van der Waals surface area (Å²) in [5.41, 5.74) is 1.96. The van der Waals surface area contributed by atoms with E-state index in [1.54, 1.807) is 33.1 Å². The molecule has 2 atom stereocenters. The molecule has 2 aromatic rings. The van der Waals surface area contributed by atoms with E-state index in [-0.39, 0.29) is 18.1 Å². The SMILES string of the molecule is COc1ccc(COC[C@H]2OC(C)(C)O[C@@H]2COS(=O)(=O)c2ccc(C)cc2)cc1. The molecule has 1 aliphatic rings. The highest BCUT2D eigenvalue weighted by Gasteiger charge is 2.42. The van der Waals surface area contributed by atoms with Gasteiger partial charge in [-0.05, 0) is 50.6 Å². The van der Waals surface area contributed by atoms with Crippen LogP contribution in [-0.4, -0.2) is 46.7 Å². The first-order valence-electron chi connectivity index (χ1n) is 9.71. The van der Waals surface area contributed by atoms with Crippen LogP contribution in [0.3, 0.4) is 0 Å². The van der Waals surface area contributed by atoms with Crippen molar-refractivity contribution in [1.29, 1.82) is 0 Å². The van der Waals surface area contributed by atoms with Gasteiger partial charge in [-0.3, -0.25) is 4.18 Å². The molecule has 0 saturated carbocycles. The lowest BCUT2D eigenvalue weighted by molar-refractivity contribution is -0.152. The molecule has 0 aromatic heterocycles. The Hall–Kier alpha value is -1.97. The second kappa shape index (κ2) is 9.45. The van der Waals surface area contributed by atoms with E-state index in [0.717, 1.165) is 16.9 Å². The minimum absolute atomic E-state index is 0.110. The molecule has 0 radical (unpaired) electrons. The summed E-state index contributed by atoms with van der Waals surface area (Å²) in [7, 11) is -2.27. The van der Waals surface area contributed by atoms with E-state index in [1.807, 2.05) is 31.2 Å². The van der Waals surface area contributed by atoms with Crippen LogP contribution in [0.2, 0.25) is 0 Å². The van der Waals surface area contributed by atoms with Crippen LogP contribution in [-0.2, 0) is 35.1 Å². The monoisotopic (exact) mass is 436 g/mol. The molecule has 0 aliphatic carbocycles. The van der Waals surface area contributed by atoms with Crippen molar-refractivity contribution in [3.63, 3.8) is 0 Å². The molecule has 1 saturated heterocycles. The second-order valence-electron chi connectivity index (χ2n) is 7.63. The lowest BCUT2D eigenvalue weighted by Gasteiger charge is -2.17. The maximum absolute atomic E-state index is 12.5. The minimum Gasteiger partial charge on any atom is -0.497 e. The molecular weight excluding hydrogens is 408 g/mol. The predicted molar refractivity (Wildman–Crippen MR) is 111 cm³/mol. The lowest BCUT2D eigenvalue weighted by atomic mass is 10.2. The van der Waals surface area contributed by atoms with Gasteiger partial charge in [0.05, 0.1) is 31.8 Å². The van der Waals surface area contributed by atoms with Crippen LogP contribution in [0, 0.1) is 6.92 Å².